The lowest BCUT2D eigenvalue weighted by molar-refractivity contribution is -0.253. The smallest absolute Gasteiger partial charge is 0.201 e. The van der Waals surface area contributed by atoms with Gasteiger partial charge in [-0.3, -0.25) is 0 Å². The summed E-state index contributed by atoms with van der Waals surface area (Å²) in [5.41, 5.74) is 2.54. The molecular weight excluding hydrogens is 476 g/mol. The molecule has 2 fully saturated rings. The molecule has 6 nitrogen and oxygen atoms in total. The van der Waals surface area contributed by atoms with Gasteiger partial charge in [-0.15, -0.1) is 0 Å². The Morgan fingerprint density at radius 1 is 0.714 bits per heavy atom. The van der Waals surface area contributed by atoms with Crippen LogP contribution in [0.2, 0.25) is 33.2 Å². The minimum Gasteiger partial charge on any atom is -0.413 e. The topological polar surface area (TPSA) is 66.4 Å². The van der Waals surface area contributed by atoms with Gasteiger partial charge in [0.1, 0.15) is 24.4 Å². The second-order valence-corrected chi connectivity index (χ2v) is 24.0. The van der Waals surface area contributed by atoms with Gasteiger partial charge in [-0.1, -0.05) is 83.1 Å². The first-order chi connectivity index (χ1) is 15.9. The van der Waals surface area contributed by atoms with Crippen molar-refractivity contribution in [2.24, 2.45) is 0 Å². The number of hydrogen-bond donors (Lipinski definition) is 1. The first kappa shape index (κ1) is 31.4. The summed E-state index contributed by atoms with van der Waals surface area (Å²) < 4.78 is 32.8. The highest BCUT2D eigenvalue weighted by Gasteiger charge is 2.59. The van der Waals surface area contributed by atoms with E-state index < -0.39 is 53.1 Å². The Balaban J connectivity index is 2.42. The average Bonchev–Trinajstić information content (AvgIpc) is 3.00. The monoisotopic (exact) mass is 532 g/mol. The molecular formula is C27H56O6Si2. The summed E-state index contributed by atoms with van der Waals surface area (Å²) in [6.45, 7) is 31.4. The molecule has 2 aliphatic heterocycles. The molecule has 1 N–H and O–H groups in total. The van der Waals surface area contributed by atoms with E-state index in [1.165, 1.54) is 0 Å². The van der Waals surface area contributed by atoms with Gasteiger partial charge >= 0.3 is 0 Å². The standard InChI is InChI=1S/C27H56O6Si2/c1-16(2)34(17(3)4,18(5)6)29-15-22-23(28)24(25-26(30-22)32-27(13,14)31-25)33-35(19(7)8,20(9)10)21(11)12/h16-26,28H,15H2,1-14H3/t22-,23-,24+,25-,26-/m1/s1. The van der Waals surface area contributed by atoms with Crippen LogP contribution in [0.1, 0.15) is 96.9 Å². The van der Waals surface area contributed by atoms with Crippen LogP contribution >= 0.6 is 0 Å². The third kappa shape index (κ3) is 5.95. The van der Waals surface area contributed by atoms with E-state index in [4.69, 9.17) is 23.1 Å². The molecule has 0 spiro atoms. The Hall–Kier alpha value is 0.194. The van der Waals surface area contributed by atoms with Crippen molar-refractivity contribution in [3.8, 4) is 0 Å². The van der Waals surface area contributed by atoms with Crippen molar-refractivity contribution in [1.82, 2.24) is 0 Å². The summed E-state index contributed by atoms with van der Waals surface area (Å²) in [6.07, 6.45) is -2.95. The molecule has 0 aliphatic carbocycles. The van der Waals surface area contributed by atoms with Crippen LogP contribution in [-0.2, 0) is 23.1 Å². The zero-order valence-electron chi connectivity index (χ0n) is 25.0. The van der Waals surface area contributed by atoms with Crippen molar-refractivity contribution < 1.29 is 28.2 Å². The van der Waals surface area contributed by atoms with E-state index in [1.807, 2.05) is 13.8 Å². The lowest BCUT2D eigenvalue weighted by Crippen LogP contribution is -2.64. The zero-order valence-corrected chi connectivity index (χ0v) is 27.0. The number of aliphatic hydroxyl groups excluding tert-OH is 1. The van der Waals surface area contributed by atoms with E-state index in [2.05, 4.69) is 83.1 Å². The highest BCUT2D eigenvalue weighted by atomic mass is 28.4. The van der Waals surface area contributed by atoms with Crippen molar-refractivity contribution in [2.45, 2.75) is 167 Å². The van der Waals surface area contributed by atoms with Crippen LogP contribution in [0.4, 0.5) is 0 Å². The lowest BCUT2D eigenvalue weighted by Gasteiger charge is -2.50. The second kappa shape index (κ2) is 11.5. The van der Waals surface area contributed by atoms with E-state index in [9.17, 15) is 5.11 Å². The Bertz CT molecular complexity index is 635. The fourth-order valence-corrected chi connectivity index (χ4v) is 18.4. The van der Waals surface area contributed by atoms with Crippen molar-refractivity contribution in [3.63, 3.8) is 0 Å². The van der Waals surface area contributed by atoms with Gasteiger partial charge in [0.05, 0.1) is 6.61 Å². The van der Waals surface area contributed by atoms with Gasteiger partial charge in [0.15, 0.2) is 20.4 Å². The number of rotatable bonds is 11. The Labute approximate surface area is 218 Å². The maximum atomic E-state index is 11.7. The van der Waals surface area contributed by atoms with Gasteiger partial charge in [-0.25, -0.2) is 0 Å². The summed E-state index contributed by atoms with van der Waals surface area (Å²) in [4.78, 5) is 0. The van der Waals surface area contributed by atoms with Crippen molar-refractivity contribution in [1.29, 1.82) is 0 Å². The fourth-order valence-electron chi connectivity index (χ4n) is 7.39. The molecule has 208 valence electrons. The third-order valence-corrected chi connectivity index (χ3v) is 20.9. The molecule has 35 heavy (non-hydrogen) atoms. The molecule has 0 amide bonds. The lowest BCUT2D eigenvalue weighted by atomic mass is 9.99. The maximum Gasteiger partial charge on any atom is 0.201 e. The maximum absolute atomic E-state index is 11.7. The molecule has 8 heteroatoms. The molecule has 2 saturated heterocycles. The first-order valence-corrected chi connectivity index (χ1v) is 18.2. The quantitative estimate of drug-likeness (QED) is 0.290. The highest BCUT2D eigenvalue weighted by Crippen LogP contribution is 2.47. The molecule has 2 heterocycles. The summed E-state index contributed by atoms with van der Waals surface area (Å²) >= 11 is 0. The normalized spacial score (nSPS) is 29.9. The molecule has 0 unspecified atom stereocenters. The predicted octanol–water partition coefficient (Wildman–Crippen LogP) is 6.98. The highest BCUT2D eigenvalue weighted by molar-refractivity contribution is 6.78. The van der Waals surface area contributed by atoms with Crippen LogP contribution in [0.3, 0.4) is 0 Å². The molecule has 0 aromatic heterocycles. The zero-order chi connectivity index (χ0) is 27.1. The molecule has 0 aromatic rings. The minimum absolute atomic E-state index is 0.342. The van der Waals surface area contributed by atoms with Gasteiger partial charge in [0, 0.05) is 0 Å². The van der Waals surface area contributed by atoms with Gasteiger partial charge < -0.3 is 28.2 Å². The molecule has 2 rings (SSSR count). The first-order valence-electron chi connectivity index (χ1n) is 13.9. The van der Waals surface area contributed by atoms with Gasteiger partial charge in [0.25, 0.3) is 0 Å². The van der Waals surface area contributed by atoms with E-state index in [0.717, 1.165) is 0 Å². The molecule has 2 aliphatic rings. The van der Waals surface area contributed by atoms with E-state index in [1.54, 1.807) is 0 Å². The fraction of sp³-hybridized carbons (Fsp3) is 1.00. The summed E-state index contributed by atoms with van der Waals surface area (Å²) in [5, 5.41) is 11.7. The molecule has 0 saturated carbocycles. The number of ether oxygens (including phenoxy) is 3. The Morgan fingerprint density at radius 2 is 1.14 bits per heavy atom. The van der Waals surface area contributed by atoms with Crippen molar-refractivity contribution in [2.75, 3.05) is 6.61 Å². The van der Waals surface area contributed by atoms with Crippen LogP contribution in [0.25, 0.3) is 0 Å². The Kier molecular flexibility index (Phi) is 10.3. The van der Waals surface area contributed by atoms with Gasteiger partial charge in [-0.2, -0.15) is 0 Å². The van der Waals surface area contributed by atoms with Crippen LogP contribution in [-0.4, -0.2) is 64.8 Å². The largest absolute Gasteiger partial charge is 0.413 e. The minimum atomic E-state index is -2.29. The number of hydrogen-bond acceptors (Lipinski definition) is 6. The summed E-state index contributed by atoms with van der Waals surface area (Å²) in [5.74, 6) is -0.795. The van der Waals surface area contributed by atoms with Gasteiger partial charge in [0.2, 0.25) is 8.32 Å². The third-order valence-electron chi connectivity index (χ3n) is 8.69. The molecule has 0 radical (unpaired) electrons. The SMILES string of the molecule is CC(C)[Si](OC[C@H]1O[C@@H]2OC(C)(C)O[C@@H]2[C@@H](O[Si](C(C)C)(C(C)C)C(C)C)[C@@H]1O)(C(C)C)C(C)C. The molecule has 5 atom stereocenters. The van der Waals surface area contributed by atoms with Crippen LogP contribution in [0.15, 0.2) is 0 Å². The van der Waals surface area contributed by atoms with Crippen molar-refractivity contribution in [3.05, 3.63) is 0 Å². The molecule has 0 bridgehead atoms. The van der Waals surface area contributed by atoms with Crippen molar-refractivity contribution >= 4 is 16.6 Å². The predicted molar refractivity (Wildman–Crippen MR) is 148 cm³/mol. The van der Waals surface area contributed by atoms with Crippen LogP contribution in [0, 0.1) is 0 Å². The summed E-state index contributed by atoms with van der Waals surface area (Å²) in [6, 6.07) is 0. The second-order valence-electron chi connectivity index (χ2n) is 13.2. The van der Waals surface area contributed by atoms with E-state index in [-0.39, 0.29) is 0 Å². The Morgan fingerprint density at radius 3 is 1.54 bits per heavy atom. The van der Waals surface area contributed by atoms with Gasteiger partial charge in [-0.05, 0) is 47.1 Å². The van der Waals surface area contributed by atoms with Crippen LogP contribution in [0.5, 0.6) is 0 Å². The van der Waals surface area contributed by atoms with Crippen LogP contribution < -0.4 is 0 Å². The summed E-state index contributed by atoms with van der Waals surface area (Å²) in [7, 11) is -4.41. The number of fused-ring (bicyclic) bond motifs is 1. The molecule has 0 aromatic carbocycles. The number of aliphatic hydroxyl groups is 1. The van der Waals surface area contributed by atoms with E-state index >= 15 is 0 Å². The van der Waals surface area contributed by atoms with E-state index in [0.29, 0.717) is 39.9 Å². The average molecular weight is 533 g/mol.